The average molecular weight is 512 g/mol. The van der Waals surface area contributed by atoms with E-state index in [2.05, 4.69) is 87.6 Å². The van der Waals surface area contributed by atoms with Crippen molar-refractivity contribution in [2.24, 2.45) is 0 Å². The molecule has 2 aliphatic carbocycles. The van der Waals surface area contributed by atoms with Crippen LogP contribution in [0, 0.1) is 6.92 Å². The van der Waals surface area contributed by atoms with E-state index in [0.717, 1.165) is 11.3 Å². The molecular weight excluding hydrogens is 465 g/mol. The van der Waals surface area contributed by atoms with Crippen molar-refractivity contribution < 1.29 is 4.21 Å². The summed E-state index contributed by atoms with van der Waals surface area (Å²) >= 11 is 0. The minimum atomic E-state index is -1.11. The Morgan fingerprint density at radius 1 is 0.800 bits per heavy atom. The molecule has 2 saturated carbocycles. The van der Waals surface area contributed by atoms with Crippen LogP contribution in [0.15, 0.2) is 48.5 Å². The summed E-state index contributed by atoms with van der Waals surface area (Å²) in [4.78, 5) is 0. The second-order valence-electron chi connectivity index (χ2n) is 11.7. The summed E-state index contributed by atoms with van der Waals surface area (Å²) in [5.74, 6) is 0. The largest absolute Gasteiger partial charge is 0.242 e. The molecule has 0 bridgehead atoms. The lowest BCUT2D eigenvalue weighted by molar-refractivity contribution is 0.439. The van der Waals surface area contributed by atoms with E-state index in [1.54, 1.807) is 5.30 Å². The maximum atomic E-state index is 13.8. The van der Waals surface area contributed by atoms with Gasteiger partial charge >= 0.3 is 0 Å². The van der Waals surface area contributed by atoms with E-state index >= 15 is 0 Å². The lowest BCUT2D eigenvalue weighted by Crippen LogP contribution is -2.40. The van der Waals surface area contributed by atoms with E-state index in [4.69, 9.17) is 0 Å². The first-order chi connectivity index (χ1) is 16.8. The molecule has 0 aliphatic heterocycles. The van der Waals surface area contributed by atoms with Crippen molar-refractivity contribution in [3.63, 3.8) is 0 Å². The second kappa shape index (κ2) is 12.0. The summed E-state index contributed by atoms with van der Waals surface area (Å²) in [5.41, 5.74) is 5.68. The number of hydrogen-bond acceptors (Lipinski definition) is 1. The molecule has 2 aliphatic rings. The third-order valence-corrected chi connectivity index (χ3v) is 13.4. The first-order valence-electron chi connectivity index (χ1n) is 13.9. The molecule has 2 aromatic rings. The zero-order chi connectivity index (χ0) is 25.0. The number of hydrogen-bond donors (Lipinski definition) is 0. The Bertz CT molecular complexity index is 969. The van der Waals surface area contributed by atoms with E-state index in [9.17, 15) is 4.21 Å². The Balaban J connectivity index is 1.85. The second-order valence-corrected chi connectivity index (χ2v) is 16.8. The normalized spacial score (nSPS) is 20.3. The quantitative estimate of drug-likeness (QED) is 0.343. The van der Waals surface area contributed by atoms with Gasteiger partial charge in [0.2, 0.25) is 0 Å². The van der Waals surface area contributed by atoms with Gasteiger partial charge in [0.25, 0.3) is 0 Å². The smallest absolute Gasteiger partial charge is 0.100 e. The zero-order valence-electron chi connectivity index (χ0n) is 22.6. The van der Waals surface area contributed by atoms with Gasteiger partial charge in [-0.2, -0.15) is 0 Å². The van der Waals surface area contributed by atoms with Gasteiger partial charge in [0.05, 0.1) is 10.8 Å². The lowest BCUT2D eigenvalue weighted by Gasteiger charge is -2.41. The van der Waals surface area contributed by atoms with Crippen LogP contribution in [0.2, 0.25) is 0 Å². The van der Waals surface area contributed by atoms with Crippen LogP contribution < -0.4 is 5.30 Å². The van der Waals surface area contributed by atoms with Gasteiger partial charge in [-0.1, -0.05) is 95.0 Å². The molecule has 192 valence electrons. The van der Waals surface area contributed by atoms with Gasteiger partial charge in [-0.05, 0) is 86.7 Å². The molecule has 2 unspecified atom stereocenters. The molecule has 2 fully saturated rings. The number of benzene rings is 2. The van der Waals surface area contributed by atoms with E-state index < -0.39 is 11.0 Å². The van der Waals surface area contributed by atoms with Gasteiger partial charge in [-0.25, -0.2) is 8.51 Å². The number of rotatable bonds is 7. The van der Waals surface area contributed by atoms with E-state index in [1.807, 2.05) is 0 Å². The Kier molecular flexibility index (Phi) is 9.28. The Labute approximate surface area is 218 Å². The monoisotopic (exact) mass is 511 g/mol. The standard InChI is InChI=1S/C31H46NOPS/c1-24-16-12-13-21-27(24)30(32(5)35(33)31(2,3)4)28-22-14-15-23-29(28)34(25-17-8-6-9-18-25)26-19-10-7-11-20-26/h12-16,21-23,25-26,30H,6-11,17-20H2,1-5H3. The third-order valence-electron chi connectivity index (χ3n) is 8.08. The highest BCUT2D eigenvalue weighted by Gasteiger charge is 2.37. The highest BCUT2D eigenvalue weighted by atomic mass is 32.2. The van der Waals surface area contributed by atoms with Crippen LogP contribution in [-0.2, 0) is 11.0 Å². The van der Waals surface area contributed by atoms with E-state index in [1.165, 1.54) is 80.9 Å². The lowest BCUT2D eigenvalue weighted by atomic mass is 9.95. The van der Waals surface area contributed by atoms with E-state index in [0.29, 0.717) is 0 Å². The minimum Gasteiger partial charge on any atom is -0.242 e. The molecule has 2 atom stereocenters. The van der Waals surface area contributed by atoms with Gasteiger partial charge in [0, 0.05) is 7.05 Å². The fraction of sp³-hybridized carbons (Fsp3) is 0.613. The summed E-state index contributed by atoms with van der Waals surface area (Å²) in [7, 11) is 0.727. The average Bonchev–Trinajstić information content (AvgIpc) is 2.86. The van der Waals surface area contributed by atoms with Gasteiger partial charge in [0.15, 0.2) is 0 Å². The highest BCUT2D eigenvalue weighted by Crippen LogP contribution is 2.56. The van der Waals surface area contributed by atoms with Crippen molar-refractivity contribution in [3.8, 4) is 0 Å². The van der Waals surface area contributed by atoms with Crippen molar-refractivity contribution in [1.82, 2.24) is 4.31 Å². The Morgan fingerprint density at radius 3 is 1.80 bits per heavy atom. The van der Waals surface area contributed by atoms with Gasteiger partial charge in [-0.15, -0.1) is 0 Å². The van der Waals surface area contributed by atoms with Crippen LogP contribution in [0.5, 0.6) is 0 Å². The molecule has 4 rings (SSSR count). The molecule has 2 aromatic carbocycles. The maximum absolute atomic E-state index is 13.8. The molecule has 0 spiro atoms. The summed E-state index contributed by atoms with van der Waals surface area (Å²) in [6, 6.07) is 18.1. The first-order valence-corrected chi connectivity index (χ1v) is 16.5. The summed E-state index contributed by atoms with van der Waals surface area (Å²) in [6.07, 6.45) is 14.0. The Morgan fingerprint density at radius 2 is 1.29 bits per heavy atom. The molecule has 2 nitrogen and oxygen atoms in total. The number of nitrogens with zero attached hydrogens (tertiary/aromatic N) is 1. The zero-order valence-corrected chi connectivity index (χ0v) is 24.3. The summed E-state index contributed by atoms with van der Waals surface area (Å²) in [5, 5.41) is 1.60. The van der Waals surface area contributed by atoms with Crippen LogP contribution in [0.25, 0.3) is 0 Å². The van der Waals surface area contributed by atoms with Crippen molar-refractivity contribution in [2.45, 2.75) is 114 Å². The van der Waals surface area contributed by atoms with Crippen LogP contribution in [0.3, 0.4) is 0 Å². The molecule has 35 heavy (non-hydrogen) atoms. The topological polar surface area (TPSA) is 20.3 Å². The molecule has 0 aromatic heterocycles. The predicted octanol–water partition coefficient (Wildman–Crippen LogP) is 8.25. The third kappa shape index (κ3) is 6.28. The van der Waals surface area contributed by atoms with Crippen LogP contribution >= 0.6 is 7.92 Å². The fourth-order valence-electron chi connectivity index (χ4n) is 6.34. The summed E-state index contributed by atoms with van der Waals surface area (Å²) in [6.45, 7) is 8.50. The van der Waals surface area contributed by atoms with Gasteiger partial charge in [0.1, 0.15) is 11.0 Å². The van der Waals surface area contributed by atoms with Gasteiger partial charge in [-0.3, -0.25) is 0 Å². The molecule has 0 amide bonds. The van der Waals surface area contributed by atoms with Crippen molar-refractivity contribution in [1.29, 1.82) is 0 Å². The fourth-order valence-corrected chi connectivity index (χ4v) is 11.6. The van der Waals surface area contributed by atoms with Gasteiger partial charge < -0.3 is 0 Å². The highest BCUT2D eigenvalue weighted by molar-refractivity contribution is 7.84. The van der Waals surface area contributed by atoms with Crippen LogP contribution in [0.4, 0.5) is 0 Å². The minimum absolute atomic E-state index is 0.00430. The van der Waals surface area contributed by atoms with E-state index in [-0.39, 0.29) is 18.7 Å². The Hall–Kier alpha value is -1.02. The maximum Gasteiger partial charge on any atom is 0.100 e. The SMILES string of the molecule is Cc1ccccc1C(c1ccccc1P(C1CCCCC1)C1CCCCC1)N(C)S(=O)C(C)(C)C. The van der Waals surface area contributed by atoms with Crippen molar-refractivity contribution >= 4 is 24.2 Å². The van der Waals surface area contributed by atoms with Crippen LogP contribution in [-0.4, -0.2) is 31.6 Å². The first kappa shape index (κ1) is 27.0. The molecule has 0 saturated heterocycles. The van der Waals surface area contributed by atoms with Crippen molar-refractivity contribution in [3.05, 3.63) is 65.2 Å². The number of aryl methyl sites for hydroxylation is 1. The molecular formula is C31H46NOPS. The molecule has 0 heterocycles. The van der Waals surface area contributed by atoms with Crippen molar-refractivity contribution in [2.75, 3.05) is 7.05 Å². The molecule has 0 N–H and O–H groups in total. The predicted molar refractivity (Wildman–Crippen MR) is 155 cm³/mol. The van der Waals surface area contributed by atoms with Crippen LogP contribution in [0.1, 0.15) is 108 Å². The molecule has 4 heteroatoms. The summed E-state index contributed by atoms with van der Waals surface area (Å²) < 4.78 is 15.7. The molecule has 0 radical (unpaired) electrons.